The molecule has 0 aliphatic carbocycles. The van der Waals surface area contributed by atoms with Gasteiger partial charge in [-0.3, -0.25) is 10.2 Å². The van der Waals surface area contributed by atoms with Crippen LogP contribution in [-0.2, 0) is 12.6 Å². The molecule has 3 heterocycles. The van der Waals surface area contributed by atoms with Crippen molar-refractivity contribution in [3.63, 3.8) is 0 Å². The lowest BCUT2D eigenvalue weighted by atomic mass is 9.93. The summed E-state index contributed by atoms with van der Waals surface area (Å²) in [5.41, 5.74) is 9.31. The number of H-pyrrole nitrogens is 2. The number of aryl methyl sites for hydroxylation is 1. The first kappa shape index (κ1) is 23.0. The Morgan fingerprint density at radius 2 is 1.82 bits per heavy atom. The number of pyridine rings is 1. The maximum atomic E-state index is 13.7. The highest BCUT2D eigenvalue weighted by Crippen LogP contribution is 2.42. The molecule has 0 amide bonds. The zero-order valence-corrected chi connectivity index (χ0v) is 19.0. The van der Waals surface area contributed by atoms with Gasteiger partial charge in [0.05, 0.1) is 40.4 Å². The van der Waals surface area contributed by atoms with Crippen LogP contribution in [-0.4, -0.2) is 45.0 Å². The number of anilines is 1. The molecule has 0 saturated heterocycles. The van der Waals surface area contributed by atoms with Crippen LogP contribution in [0.2, 0.25) is 0 Å². The smallest absolute Gasteiger partial charge is 0.368 e. The SMILES string of the molecule is CCCc1c(-c2cn[nH]c2C(F)(F)F)nc2c(N(CCC)CCN)cc3[nH]ncc3c2c1C. The van der Waals surface area contributed by atoms with Gasteiger partial charge in [-0.2, -0.15) is 23.4 Å². The van der Waals surface area contributed by atoms with Gasteiger partial charge in [-0.25, -0.2) is 4.98 Å². The molecule has 0 saturated carbocycles. The number of fused-ring (bicyclic) bond motifs is 3. The van der Waals surface area contributed by atoms with Crippen molar-refractivity contribution in [2.45, 2.75) is 46.2 Å². The van der Waals surface area contributed by atoms with Gasteiger partial charge >= 0.3 is 6.18 Å². The van der Waals surface area contributed by atoms with Crippen molar-refractivity contribution in [2.75, 3.05) is 24.5 Å². The average molecular weight is 460 g/mol. The van der Waals surface area contributed by atoms with Crippen LogP contribution in [0.3, 0.4) is 0 Å². The molecule has 0 unspecified atom stereocenters. The Morgan fingerprint density at radius 3 is 2.48 bits per heavy atom. The fourth-order valence-corrected chi connectivity index (χ4v) is 4.55. The third-order valence-corrected chi connectivity index (χ3v) is 5.95. The van der Waals surface area contributed by atoms with E-state index in [1.807, 2.05) is 19.9 Å². The van der Waals surface area contributed by atoms with Crippen LogP contribution in [0.5, 0.6) is 0 Å². The number of halogens is 3. The Kier molecular flexibility index (Phi) is 6.29. The highest BCUT2D eigenvalue weighted by molar-refractivity contribution is 6.12. The fraction of sp³-hybridized carbons (Fsp3) is 0.435. The summed E-state index contributed by atoms with van der Waals surface area (Å²) in [6, 6.07) is 1.96. The number of benzene rings is 1. The van der Waals surface area contributed by atoms with Crippen LogP contribution < -0.4 is 10.6 Å². The maximum absolute atomic E-state index is 13.7. The van der Waals surface area contributed by atoms with Gasteiger partial charge in [-0.15, -0.1) is 0 Å². The molecule has 0 spiro atoms. The lowest BCUT2D eigenvalue weighted by Gasteiger charge is -2.26. The number of nitrogens with one attached hydrogen (secondary N) is 2. The summed E-state index contributed by atoms with van der Waals surface area (Å²) in [5.74, 6) is 0. The van der Waals surface area contributed by atoms with E-state index in [0.717, 1.165) is 52.5 Å². The third kappa shape index (κ3) is 4.03. The van der Waals surface area contributed by atoms with Gasteiger partial charge in [-0.1, -0.05) is 20.3 Å². The number of rotatable bonds is 8. The standard InChI is InChI=1S/C23H28F3N7/c1-4-6-14-13(3)19-15-11-28-31-17(15)10-18(33(8-5-2)9-7-27)21(19)30-20(14)16-12-29-32-22(16)23(24,25)26/h10-12H,4-9,27H2,1-3H3,(H,28,31)(H,29,32). The first-order valence-electron chi connectivity index (χ1n) is 11.2. The minimum Gasteiger partial charge on any atom is -0.368 e. The highest BCUT2D eigenvalue weighted by Gasteiger charge is 2.37. The molecule has 0 bridgehead atoms. The van der Waals surface area contributed by atoms with Gasteiger partial charge in [0, 0.05) is 30.4 Å². The second-order valence-electron chi connectivity index (χ2n) is 8.20. The second-order valence-corrected chi connectivity index (χ2v) is 8.20. The van der Waals surface area contributed by atoms with Crippen molar-refractivity contribution in [1.29, 1.82) is 0 Å². The minimum absolute atomic E-state index is 0.0324. The van der Waals surface area contributed by atoms with E-state index in [1.54, 1.807) is 6.20 Å². The van der Waals surface area contributed by atoms with Crippen molar-refractivity contribution in [3.05, 3.63) is 35.3 Å². The summed E-state index contributed by atoms with van der Waals surface area (Å²) >= 11 is 0. The maximum Gasteiger partial charge on any atom is 0.433 e. The average Bonchev–Trinajstić information content (AvgIpc) is 3.44. The molecule has 33 heavy (non-hydrogen) atoms. The number of nitrogens with zero attached hydrogens (tertiary/aromatic N) is 4. The molecule has 0 aliphatic heterocycles. The van der Waals surface area contributed by atoms with Gasteiger partial charge in [0.2, 0.25) is 0 Å². The van der Waals surface area contributed by atoms with Gasteiger partial charge in [-0.05, 0) is 37.0 Å². The van der Waals surface area contributed by atoms with Crippen molar-refractivity contribution >= 4 is 27.5 Å². The molecule has 1 aromatic carbocycles. The third-order valence-electron chi connectivity index (χ3n) is 5.95. The summed E-state index contributed by atoms with van der Waals surface area (Å²) in [6.45, 7) is 7.83. The van der Waals surface area contributed by atoms with Gasteiger partial charge in [0.1, 0.15) is 5.69 Å². The zero-order valence-electron chi connectivity index (χ0n) is 19.0. The summed E-state index contributed by atoms with van der Waals surface area (Å²) in [5, 5.41) is 14.9. The Bertz CT molecular complexity index is 1270. The first-order chi connectivity index (χ1) is 15.8. The molecule has 7 nitrogen and oxygen atoms in total. The molecule has 0 aliphatic rings. The van der Waals surface area contributed by atoms with Crippen molar-refractivity contribution in [3.8, 4) is 11.3 Å². The number of aromatic nitrogens is 5. The molecule has 0 fully saturated rings. The Morgan fingerprint density at radius 1 is 1.06 bits per heavy atom. The van der Waals surface area contributed by atoms with E-state index in [-0.39, 0.29) is 5.56 Å². The Labute approximate surface area is 189 Å². The van der Waals surface area contributed by atoms with E-state index < -0.39 is 11.9 Å². The van der Waals surface area contributed by atoms with Gasteiger partial charge in [0.15, 0.2) is 0 Å². The molecule has 3 aromatic heterocycles. The van der Waals surface area contributed by atoms with Crippen molar-refractivity contribution in [1.82, 2.24) is 25.4 Å². The second kappa shape index (κ2) is 9.01. The van der Waals surface area contributed by atoms with Crippen LogP contribution in [0.4, 0.5) is 18.9 Å². The van der Waals surface area contributed by atoms with Crippen LogP contribution in [0.15, 0.2) is 18.5 Å². The van der Waals surface area contributed by atoms with Crippen LogP contribution >= 0.6 is 0 Å². The van der Waals surface area contributed by atoms with Crippen molar-refractivity contribution in [2.24, 2.45) is 5.73 Å². The van der Waals surface area contributed by atoms with E-state index in [2.05, 4.69) is 32.2 Å². The van der Waals surface area contributed by atoms with E-state index >= 15 is 0 Å². The largest absolute Gasteiger partial charge is 0.433 e. The lowest BCUT2D eigenvalue weighted by molar-refractivity contribution is -0.140. The Balaban J connectivity index is 2.12. The monoisotopic (exact) mass is 459 g/mol. The summed E-state index contributed by atoms with van der Waals surface area (Å²) in [4.78, 5) is 7.04. The van der Waals surface area contributed by atoms with Gasteiger partial charge in [0.25, 0.3) is 0 Å². The van der Waals surface area contributed by atoms with Crippen molar-refractivity contribution < 1.29 is 13.2 Å². The molecule has 4 rings (SSSR count). The van der Waals surface area contributed by atoms with Gasteiger partial charge < -0.3 is 10.6 Å². The summed E-state index contributed by atoms with van der Waals surface area (Å²) in [6.07, 6.45) is 0.654. The Hall–Kier alpha value is -3.14. The minimum atomic E-state index is -4.56. The topological polar surface area (TPSA) is 99.5 Å². The molecular formula is C23H28F3N7. The predicted octanol–water partition coefficient (Wildman–Crippen LogP) is 4.96. The quantitative estimate of drug-likeness (QED) is 0.346. The molecule has 4 aromatic rings. The number of aromatic amines is 2. The zero-order chi connectivity index (χ0) is 23.8. The molecule has 0 atom stereocenters. The first-order valence-corrected chi connectivity index (χ1v) is 11.2. The van der Waals surface area contributed by atoms with E-state index in [9.17, 15) is 13.2 Å². The number of hydrogen-bond donors (Lipinski definition) is 3. The number of alkyl halides is 3. The number of hydrogen-bond acceptors (Lipinski definition) is 5. The normalized spacial score (nSPS) is 12.2. The molecule has 176 valence electrons. The van der Waals surface area contributed by atoms with E-state index in [1.165, 1.54) is 6.20 Å². The van der Waals surface area contributed by atoms with Crippen LogP contribution in [0.25, 0.3) is 33.1 Å². The lowest BCUT2D eigenvalue weighted by Crippen LogP contribution is -2.30. The highest BCUT2D eigenvalue weighted by atomic mass is 19.4. The molecule has 4 N–H and O–H groups in total. The van der Waals surface area contributed by atoms with Crippen LogP contribution in [0, 0.1) is 6.92 Å². The predicted molar refractivity (Wildman–Crippen MR) is 124 cm³/mol. The van der Waals surface area contributed by atoms with E-state index in [0.29, 0.717) is 30.7 Å². The van der Waals surface area contributed by atoms with E-state index in [4.69, 9.17) is 10.7 Å². The fourth-order valence-electron chi connectivity index (χ4n) is 4.55. The summed E-state index contributed by atoms with van der Waals surface area (Å²) in [7, 11) is 0. The van der Waals surface area contributed by atoms with Crippen LogP contribution in [0.1, 0.15) is 43.5 Å². The molecular weight excluding hydrogens is 431 g/mol. The summed E-state index contributed by atoms with van der Waals surface area (Å²) < 4.78 is 41.2. The molecule has 0 radical (unpaired) electrons. The molecule has 10 heteroatoms. The number of nitrogens with two attached hydrogens (primary N) is 1.